The summed E-state index contributed by atoms with van der Waals surface area (Å²) in [4.78, 5) is 33.8. The summed E-state index contributed by atoms with van der Waals surface area (Å²) in [6.45, 7) is 5.47. The number of aryl methyl sites for hydroxylation is 1. The minimum absolute atomic E-state index is 0.0668. The van der Waals surface area contributed by atoms with Crippen molar-refractivity contribution in [2.45, 2.75) is 26.3 Å². The highest BCUT2D eigenvalue weighted by atomic mass is 16.5. The lowest BCUT2D eigenvalue weighted by Gasteiger charge is -2.25. The van der Waals surface area contributed by atoms with Crippen LogP contribution in [0.4, 0.5) is 0 Å². The summed E-state index contributed by atoms with van der Waals surface area (Å²) >= 11 is 0. The Morgan fingerprint density at radius 1 is 1.23 bits per heavy atom. The molecule has 7 nitrogen and oxygen atoms in total. The fraction of sp³-hybridized carbons (Fsp3) is 0.375. The lowest BCUT2D eigenvalue weighted by molar-refractivity contribution is -0.140. The Kier molecular flexibility index (Phi) is 7.07. The predicted molar refractivity (Wildman–Crippen MR) is 119 cm³/mol. The highest BCUT2D eigenvalue weighted by Crippen LogP contribution is 2.39. The first-order valence-corrected chi connectivity index (χ1v) is 10.4. The number of carbonyl (C=O) groups excluding carboxylic acids is 2. The Labute approximate surface area is 183 Å². The molecule has 2 heterocycles. The van der Waals surface area contributed by atoms with Crippen LogP contribution < -0.4 is 4.74 Å². The van der Waals surface area contributed by atoms with Crippen molar-refractivity contribution >= 4 is 17.4 Å². The number of hydrogen-bond acceptors (Lipinski definition) is 6. The summed E-state index contributed by atoms with van der Waals surface area (Å²) in [5, 5.41) is 11.1. The summed E-state index contributed by atoms with van der Waals surface area (Å²) in [7, 11) is 3.91. The van der Waals surface area contributed by atoms with E-state index < -0.39 is 17.7 Å². The van der Waals surface area contributed by atoms with Crippen molar-refractivity contribution in [2.24, 2.45) is 0 Å². The molecule has 1 N–H and O–H groups in total. The van der Waals surface area contributed by atoms with Gasteiger partial charge in [-0.15, -0.1) is 0 Å². The molecule has 1 aromatic heterocycles. The van der Waals surface area contributed by atoms with Crippen molar-refractivity contribution < 1.29 is 19.4 Å². The third-order valence-corrected chi connectivity index (χ3v) is 5.26. The summed E-state index contributed by atoms with van der Waals surface area (Å²) in [5.41, 5.74) is 1.92. The number of likely N-dealkylation sites (tertiary alicyclic amines) is 1. The Balaban J connectivity index is 2.06. The highest BCUT2D eigenvalue weighted by Gasteiger charge is 2.46. The largest absolute Gasteiger partial charge is 0.507 e. The zero-order valence-electron chi connectivity index (χ0n) is 18.5. The van der Waals surface area contributed by atoms with Gasteiger partial charge in [-0.25, -0.2) is 0 Å². The van der Waals surface area contributed by atoms with Crippen LogP contribution in [0, 0.1) is 6.92 Å². The number of amides is 1. The number of rotatable bonds is 8. The van der Waals surface area contributed by atoms with Crippen molar-refractivity contribution in [3.05, 3.63) is 65.0 Å². The number of ketones is 1. The summed E-state index contributed by atoms with van der Waals surface area (Å²) in [5.74, 6) is -0.789. The van der Waals surface area contributed by atoms with Gasteiger partial charge in [0.15, 0.2) is 0 Å². The van der Waals surface area contributed by atoms with Gasteiger partial charge in [0.2, 0.25) is 0 Å². The number of aliphatic hydroxyl groups excluding tert-OH is 1. The molecule has 3 rings (SSSR count). The van der Waals surface area contributed by atoms with Crippen LogP contribution in [-0.2, 0) is 9.59 Å². The Bertz CT molecular complexity index is 986. The second kappa shape index (κ2) is 9.75. The quantitative estimate of drug-likeness (QED) is 0.399. The minimum Gasteiger partial charge on any atom is -0.507 e. The maximum atomic E-state index is 13.0. The zero-order valence-corrected chi connectivity index (χ0v) is 18.5. The third kappa shape index (κ3) is 4.77. The van der Waals surface area contributed by atoms with Crippen molar-refractivity contribution in [3.8, 4) is 5.75 Å². The van der Waals surface area contributed by atoms with Gasteiger partial charge in [-0.05, 0) is 76.8 Å². The van der Waals surface area contributed by atoms with E-state index in [0.717, 1.165) is 12.1 Å². The van der Waals surface area contributed by atoms with Crippen LogP contribution in [0.2, 0.25) is 0 Å². The van der Waals surface area contributed by atoms with Gasteiger partial charge in [0.25, 0.3) is 11.7 Å². The van der Waals surface area contributed by atoms with Crippen molar-refractivity contribution in [1.29, 1.82) is 0 Å². The molecule has 1 fully saturated rings. The van der Waals surface area contributed by atoms with E-state index in [4.69, 9.17) is 4.74 Å². The molecule has 0 saturated carbocycles. The van der Waals surface area contributed by atoms with E-state index in [1.807, 2.05) is 38.9 Å². The average molecular weight is 424 g/mol. The molecule has 0 bridgehead atoms. The molecule has 1 aromatic carbocycles. The Hall–Kier alpha value is -3.19. The van der Waals surface area contributed by atoms with Gasteiger partial charge in [-0.3, -0.25) is 14.6 Å². The van der Waals surface area contributed by atoms with Crippen LogP contribution in [0.25, 0.3) is 5.76 Å². The van der Waals surface area contributed by atoms with Crippen molar-refractivity contribution in [1.82, 2.24) is 14.8 Å². The molecule has 1 amide bonds. The molecule has 0 radical (unpaired) electrons. The molecule has 0 spiro atoms. The van der Waals surface area contributed by atoms with Crippen LogP contribution in [0.15, 0.2) is 48.2 Å². The molecule has 0 aliphatic carbocycles. The molecule has 1 unspecified atom stereocenters. The van der Waals surface area contributed by atoms with E-state index in [1.165, 1.54) is 4.90 Å². The van der Waals surface area contributed by atoms with E-state index in [9.17, 15) is 14.7 Å². The SMILES string of the molecule is CCOc1ccc(/C(O)=C2/C(=O)C(=O)N(CCCN(C)C)C2c2ccccn2)cc1C. The van der Waals surface area contributed by atoms with Gasteiger partial charge in [0, 0.05) is 18.3 Å². The number of aliphatic hydroxyl groups is 1. The van der Waals surface area contributed by atoms with Crippen LogP contribution in [0.3, 0.4) is 0 Å². The maximum Gasteiger partial charge on any atom is 0.295 e. The molecular weight excluding hydrogens is 394 g/mol. The Morgan fingerprint density at radius 3 is 2.61 bits per heavy atom. The summed E-state index contributed by atoms with van der Waals surface area (Å²) < 4.78 is 5.57. The van der Waals surface area contributed by atoms with E-state index in [1.54, 1.807) is 36.5 Å². The predicted octanol–water partition coefficient (Wildman–Crippen LogP) is 3.16. The number of pyridine rings is 1. The first kappa shape index (κ1) is 22.5. The molecule has 7 heteroatoms. The van der Waals surface area contributed by atoms with Gasteiger partial charge in [-0.2, -0.15) is 0 Å². The molecule has 31 heavy (non-hydrogen) atoms. The molecule has 2 aromatic rings. The van der Waals surface area contributed by atoms with E-state index in [2.05, 4.69) is 4.98 Å². The normalized spacial score (nSPS) is 18.1. The number of nitrogens with zero attached hydrogens (tertiary/aromatic N) is 3. The second-order valence-electron chi connectivity index (χ2n) is 7.82. The fourth-order valence-electron chi connectivity index (χ4n) is 3.78. The lowest BCUT2D eigenvalue weighted by Crippen LogP contribution is -2.32. The van der Waals surface area contributed by atoms with Gasteiger partial charge in [0.1, 0.15) is 17.6 Å². The third-order valence-electron chi connectivity index (χ3n) is 5.26. The average Bonchev–Trinajstić information content (AvgIpc) is 3.00. The van der Waals surface area contributed by atoms with Gasteiger partial charge in [-0.1, -0.05) is 6.07 Å². The van der Waals surface area contributed by atoms with E-state index in [-0.39, 0.29) is 11.3 Å². The van der Waals surface area contributed by atoms with E-state index >= 15 is 0 Å². The number of carbonyl (C=O) groups is 2. The van der Waals surface area contributed by atoms with Crippen molar-refractivity contribution in [2.75, 3.05) is 33.8 Å². The number of aromatic nitrogens is 1. The number of benzene rings is 1. The smallest absolute Gasteiger partial charge is 0.295 e. The monoisotopic (exact) mass is 423 g/mol. The summed E-state index contributed by atoms with van der Waals surface area (Å²) in [6.07, 6.45) is 2.32. The van der Waals surface area contributed by atoms with E-state index in [0.29, 0.717) is 36.6 Å². The van der Waals surface area contributed by atoms with Crippen LogP contribution in [0.5, 0.6) is 5.75 Å². The minimum atomic E-state index is -0.727. The fourth-order valence-corrected chi connectivity index (χ4v) is 3.78. The second-order valence-corrected chi connectivity index (χ2v) is 7.82. The molecule has 1 aliphatic heterocycles. The van der Waals surface area contributed by atoms with Crippen molar-refractivity contribution in [3.63, 3.8) is 0 Å². The van der Waals surface area contributed by atoms with Gasteiger partial charge in [0.05, 0.1) is 17.9 Å². The molecule has 1 atom stereocenters. The first-order chi connectivity index (χ1) is 14.8. The molecule has 1 aliphatic rings. The zero-order chi connectivity index (χ0) is 22.5. The molecular formula is C24H29N3O4. The molecule has 1 saturated heterocycles. The maximum absolute atomic E-state index is 13.0. The number of hydrogen-bond donors (Lipinski definition) is 1. The number of ether oxygens (including phenoxy) is 1. The van der Waals surface area contributed by atoms with Crippen LogP contribution in [0.1, 0.15) is 36.2 Å². The number of Topliss-reactive ketones (excluding diaryl/α,β-unsaturated/α-hetero) is 1. The Morgan fingerprint density at radius 2 is 2.00 bits per heavy atom. The highest BCUT2D eigenvalue weighted by molar-refractivity contribution is 6.46. The lowest BCUT2D eigenvalue weighted by atomic mass is 9.97. The van der Waals surface area contributed by atoms with Crippen LogP contribution in [-0.4, -0.2) is 65.4 Å². The first-order valence-electron chi connectivity index (χ1n) is 10.4. The topological polar surface area (TPSA) is 83.0 Å². The van der Waals surface area contributed by atoms with Gasteiger partial charge >= 0.3 is 0 Å². The standard InChI is InChI=1S/C24H29N3O4/c1-5-31-19-11-10-17(15-16(19)2)22(28)20-21(18-9-6-7-12-25-18)27(24(30)23(20)29)14-8-13-26(3)4/h6-7,9-12,15,21,28H,5,8,13-14H2,1-4H3/b22-20-. The van der Waals surface area contributed by atoms with Crippen LogP contribution >= 0.6 is 0 Å². The molecule has 164 valence electrons. The summed E-state index contributed by atoms with van der Waals surface area (Å²) in [6, 6.07) is 9.84. The van der Waals surface area contributed by atoms with Gasteiger partial charge < -0.3 is 19.6 Å².